The fourth-order valence-corrected chi connectivity index (χ4v) is 3.70. The molecule has 1 saturated heterocycles. The lowest BCUT2D eigenvalue weighted by molar-refractivity contribution is -0.118. The molecule has 186 valence electrons. The summed E-state index contributed by atoms with van der Waals surface area (Å²) in [6.07, 6.45) is 4.84. The molecule has 0 bridgehead atoms. The number of ether oxygens (including phenoxy) is 4. The Morgan fingerprint density at radius 2 is 1.94 bits per heavy atom. The SMILES string of the molecule is COc1cc2c(NC3=CC(=O)C(OC(CF)CF)=CC3=O)ncnc2cc1OCC1CCCCO1. The van der Waals surface area contributed by atoms with Gasteiger partial charge in [-0.15, -0.1) is 0 Å². The topological polar surface area (TPSA) is 109 Å². The van der Waals surface area contributed by atoms with Crippen molar-refractivity contribution in [2.24, 2.45) is 0 Å². The molecule has 0 amide bonds. The zero-order valence-electron chi connectivity index (χ0n) is 19.1. The molecule has 1 aliphatic heterocycles. The summed E-state index contributed by atoms with van der Waals surface area (Å²) in [6, 6.07) is 3.37. The Morgan fingerprint density at radius 1 is 1.11 bits per heavy atom. The van der Waals surface area contributed by atoms with Gasteiger partial charge in [0.05, 0.1) is 24.4 Å². The Hall–Kier alpha value is -3.60. The predicted octanol–water partition coefficient (Wildman–Crippen LogP) is 3.24. The molecule has 1 aromatic heterocycles. The van der Waals surface area contributed by atoms with Crippen LogP contribution in [0.15, 0.2) is 42.1 Å². The van der Waals surface area contributed by atoms with Crippen LogP contribution in [0.5, 0.6) is 11.5 Å². The number of ketones is 2. The van der Waals surface area contributed by atoms with Gasteiger partial charge in [-0.25, -0.2) is 18.7 Å². The third-order valence-corrected chi connectivity index (χ3v) is 5.56. The van der Waals surface area contributed by atoms with Crippen LogP contribution in [0.4, 0.5) is 14.6 Å². The van der Waals surface area contributed by atoms with Gasteiger partial charge in [-0.3, -0.25) is 9.59 Å². The second kappa shape index (κ2) is 11.2. The van der Waals surface area contributed by atoms with Gasteiger partial charge in [0.15, 0.2) is 23.4 Å². The molecule has 1 N–H and O–H groups in total. The standard InChI is InChI=1S/C24H25F2N3O6/c1-32-22-6-16-17(8-23(22)34-12-14-4-2-3-5-33-14)27-13-28-24(16)29-18-7-20(31)21(9-19(18)30)35-15(10-25)11-26/h6-9,13-15H,2-5,10-12H2,1H3,(H,27,28,29). The fraction of sp³-hybridized carbons (Fsp3) is 0.417. The third kappa shape index (κ3) is 5.73. The van der Waals surface area contributed by atoms with Gasteiger partial charge < -0.3 is 24.3 Å². The minimum atomic E-state index is -1.44. The summed E-state index contributed by atoms with van der Waals surface area (Å²) in [5, 5.41) is 3.36. The van der Waals surface area contributed by atoms with Crippen molar-refractivity contribution in [1.29, 1.82) is 0 Å². The van der Waals surface area contributed by atoms with Crippen molar-refractivity contribution in [3.63, 3.8) is 0 Å². The Labute approximate surface area is 200 Å². The van der Waals surface area contributed by atoms with Crippen molar-refractivity contribution in [3.8, 4) is 11.5 Å². The first-order valence-corrected chi connectivity index (χ1v) is 11.2. The highest BCUT2D eigenvalue weighted by Gasteiger charge is 2.25. The average Bonchev–Trinajstić information content (AvgIpc) is 2.88. The molecule has 2 heterocycles. The van der Waals surface area contributed by atoms with E-state index < -0.39 is 36.8 Å². The van der Waals surface area contributed by atoms with Crippen LogP contribution >= 0.6 is 0 Å². The van der Waals surface area contributed by atoms with E-state index in [4.69, 9.17) is 18.9 Å². The lowest BCUT2D eigenvalue weighted by atomic mass is 10.1. The van der Waals surface area contributed by atoms with Crippen LogP contribution in [-0.4, -0.2) is 67.4 Å². The van der Waals surface area contributed by atoms with Gasteiger partial charge in [-0.05, 0) is 25.3 Å². The number of allylic oxidation sites excluding steroid dienone is 2. The van der Waals surface area contributed by atoms with Gasteiger partial charge in [0.2, 0.25) is 11.6 Å². The number of hydrogen-bond acceptors (Lipinski definition) is 9. The van der Waals surface area contributed by atoms with E-state index in [2.05, 4.69) is 15.3 Å². The first-order valence-electron chi connectivity index (χ1n) is 11.2. The highest BCUT2D eigenvalue weighted by molar-refractivity contribution is 6.20. The van der Waals surface area contributed by atoms with Crippen molar-refractivity contribution in [3.05, 3.63) is 42.1 Å². The van der Waals surface area contributed by atoms with Gasteiger partial charge >= 0.3 is 0 Å². The largest absolute Gasteiger partial charge is 0.493 e. The number of anilines is 1. The molecule has 1 fully saturated rings. The number of nitrogens with zero attached hydrogens (tertiary/aromatic N) is 2. The predicted molar refractivity (Wildman–Crippen MR) is 122 cm³/mol. The van der Waals surface area contributed by atoms with Crippen LogP contribution in [0.1, 0.15) is 19.3 Å². The molecule has 0 saturated carbocycles. The summed E-state index contributed by atoms with van der Waals surface area (Å²) >= 11 is 0. The maximum Gasteiger partial charge on any atom is 0.222 e. The zero-order valence-corrected chi connectivity index (χ0v) is 19.1. The molecule has 1 aliphatic carbocycles. The van der Waals surface area contributed by atoms with Gasteiger partial charge in [-0.1, -0.05) is 0 Å². The molecule has 1 unspecified atom stereocenters. The number of benzene rings is 1. The Kier molecular flexibility index (Phi) is 7.86. The number of alkyl halides is 2. The van der Waals surface area contributed by atoms with Gasteiger partial charge in [0.25, 0.3) is 0 Å². The fourth-order valence-electron chi connectivity index (χ4n) is 3.70. The van der Waals surface area contributed by atoms with Crippen molar-refractivity contribution >= 4 is 28.3 Å². The number of nitrogens with one attached hydrogen (secondary N) is 1. The van der Waals surface area contributed by atoms with Crippen molar-refractivity contribution in [2.45, 2.75) is 31.5 Å². The smallest absolute Gasteiger partial charge is 0.222 e. The number of methoxy groups -OCH3 is 1. The molecule has 9 nitrogen and oxygen atoms in total. The summed E-state index contributed by atoms with van der Waals surface area (Å²) in [7, 11) is 1.50. The minimum Gasteiger partial charge on any atom is -0.493 e. The van der Waals surface area contributed by atoms with Crippen molar-refractivity contribution < 1.29 is 37.3 Å². The number of aromatic nitrogens is 2. The number of fused-ring (bicyclic) bond motifs is 1. The van der Waals surface area contributed by atoms with E-state index in [0.717, 1.165) is 38.0 Å². The summed E-state index contributed by atoms with van der Waals surface area (Å²) < 4.78 is 47.5. The van der Waals surface area contributed by atoms with E-state index in [1.807, 2.05) is 0 Å². The van der Waals surface area contributed by atoms with Crippen LogP contribution in [0.25, 0.3) is 10.9 Å². The highest BCUT2D eigenvalue weighted by atomic mass is 19.1. The highest BCUT2D eigenvalue weighted by Crippen LogP contribution is 2.35. The summed E-state index contributed by atoms with van der Waals surface area (Å²) in [5.74, 6) is -0.546. The maximum absolute atomic E-state index is 12.7. The number of halogens is 2. The normalized spacial score (nSPS) is 18.3. The summed E-state index contributed by atoms with van der Waals surface area (Å²) in [5.41, 5.74) is 0.444. The van der Waals surface area contributed by atoms with Crippen LogP contribution in [0.3, 0.4) is 0 Å². The van der Waals surface area contributed by atoms with Crippen LogP contribution < -0.4 is 14.8 Å². The molecule has 0 spiro atoms. The van der Waals surface area contributed by atoms with Gasteiger partial charge in [-0.2, -0.15) is 0 Å². The minimum absolute atomic E-state index is 0.0144. The summed E-state index contributed by atoms with van der Waals surface area (Å²) in [4.78, 5) is 33.3. The molecular formula is C24H25F2N3O6. The Morgan fingerprint density at radius 3 is 2.66 bits per heavy atom. The van der Waals surface area contributed by atoms with E-state index in [1.54, 1.807) is 12.1 Å². The molecular weight excluding hydrogens is 464 g/mol. The number of carbonyl (C=O) groups is 2. The van der Waals surface area contributed by atoms with E-state index in [9.17, 15) is 18.4 Å². The second-order valence-electron chi connectivity index (χ2n) is 8.01. The molecule has 2 aliphatic rings. The molecule has 2 aromatic rings. The Bertz CT molecular complexity index is 1160. The van der Waals surface area contributed by atoms with Crippen LogP contribution in [-0.2, 0) is 19.1 Å². The van der Waals surface area contributed by atoms with Gasteiger partial charge in [0, 0.05) is 30.2 Å². The van der Waals surface area contributed by atoms with Crippen molar-refractivity contribution in [2.75, 3.05) is 39.0 Å². The second-order valence-corrected chi connectivity index (χ2v) is 8.01. The monoisotopic (exact) mass is 489 g/mol. The van der Waals surface area contributed by atoms with Crippen molar-refractivity contribution in [1.82, 2.24) is 9.97 Å². The Balaban J connectivity index is 1.54. The molecule has 0 radical (unpaired) electrons. The zero-order chi connectivity index (χ0) is 24.8. The quantitative estimate of drug-likeness (QED) is 0.503. The van der Waals surface area contributed by atoms with E-state index in [0.29, 0.717) is 29.0 Å². The molecule has 1 atom stereocenters. The summed E-state index contributed by atoms with van der Waals surface area (Å²) in [6.45, 7) is -1.15. The lowest BCUT2D eigenvalue weighted by Gasteiger charge is -2.23. The average molecular weight is 489 g/mol. The van der Waals surface area contributed by atoms with E-state index in [-0.39, 0.29) is 17.6 Å². The molecule has 35 heavy (non-hydrogen) atoms. The molecule has 11 heteroatoms. The third-order valence-electron chi connectivity index (χ3n) is 5.56. The first-order chi connectivity index (χ1) is 17.0. The van der Waals surface area contributed by atoms with Crippen LogP contribution in [0.2, 0.25) is 0 Å². The maximum atomic E-state index is 12.7. The first kappa shape index (κ1) is 24.5. The van der Waals surface area contributed by atoms with E-state index >= 15 is 0 Å². The molecule has 4 rings (SSSR count). The van der Waals surface area contributed by atoms with E-state index in [1.165, 1.54) is 13.4 Å². The van der Waals surface area contributed by atoms with Crippen LogP contribution in [0, 0.1) is 0 Å². The number of carbonyl (C=O) groups excluding carboxylic acids is 2. The number of hydrogen-bond donors (Lipinski definition) is 1. The lowest BCUT2D eigenvalue weighted by Crippen LogP contribution is -2.25. The van der Waals surface area contributed by atoms with Gasteiger partial charge in [0.1, 0.15) is 32.1 Å². The molecule has 1 aromatic carbocycles. The number of rotatable bonds is 10.